The molecule has 7 heteroatoms. The molecule has 1 aliphatic carbocycles. The van der Waals surface area contributed by atoms with Gasteiger partial charge in [0.25, 0.3) is 0 Å². The number of amides is 1. The standard InChI is InChI=1S/C11H16F3NO3/c12-11(13,14)10(18)15-8-4-2-1-3-7(8)5-6-9(16)17/h7-8H,1-6H2,(H,15,18)(H,16,17). The van der Waals surface area contributed by atoms with E-state index in [1.165, 1.54) is 0 Å². The number of rotatable bonds is 4. The Labute approximate surface area is 103 Å². The maximum atomic E-state index is 12.1. The van der Waals surface area contributed by atoms with Crippen LogP contribution in [0.25, 0.3) is 0 Å². The second-order valence-electron chi connectivity index (χ2n) is 4.55. The summed E-state index contributed by atoms with van der Waals surface area (Å²) in [7, 11) is 0. The van der Waals surface area contributed by atoms with Gasteiger partial charge in [-0.2, -0.15) is 13.2 Å². The molecule has 0 heterocycles. The zero-order chi connectivity index (χ0) is 13.8. The predicted molar refractivity (Wildman–Crippen MR) is 56.8 cm³/mol. The lowest BCUT2D eigenvalue weighted by Crippen LogP contribution is -2.47. The number of nitrogens with one attached hydrogen (secondary N) is 1. The van der Waals surface area contributed by atoms with Crippen LogP contribution in [-0.2, 0) is 9.59 Å². The lowest BCUT2D eigenvalue weighted by atomic mass is 9.81. The number of alkyl halides is 3. The topological polar surface area (TPSA) is 66.4 Å². The molecule has 2 unspecified atom stereocenters. The maximum absolute atomic E-state index is 12.1. The van der Waals surface area contributed by atoms with Crippen LogP contribution < -0.4 is 5.32 Å². The third kappa shape index (κ3) is 4.54. The fourth-order valence-corrected chi connectivity index (χ4v) is 2.30. The Kier molecular flexibility index (Phi) is 4.98. The molecule has 1 fully saturated rings. The van der Waals surface area contributed by atoms with Gasteiger partial charge in [0.15, 0.2) is 0 Å². The summed E-state index contributed by atoms with van der Waals surface area (Å²) in [6.45, 7) is 0. The summed E-state index contributed by atoms with van der Waals surface area (Å²) in [6.07, 6.45) is -1.90. The molecule has 2 atom stereocenters. The lowest BCUT2D eigenvalue weighted by Gasteiger charge is -2.32. The SMILES string of the molecule is O=C(O)CCC1CCCCC1NC(=O)C(F)(F)F. The molecule has 0 bridgehead atoms. The third-order valence-corrected chi connectivity index (χ3v) is 3.21. The molecule has 1 aliphatic rings. The van der Waals surface area contributed by atoms with Gasteiger partial charge in [-0.05, 0) is 25.2 Å². The Bertz CT molecular complexity index is 317. The van der Waals surface area contributed by atoms with Crippen molar-refractivity contribution in [2.75, 3.05) is 0 Å². The van der Waals surface area contributed by atoms with E-state index < -0.39 is 24.1 Å². The number of aliphatic carboxylic acids is 1. The van der Waals surface area contributed by atoms with Crippen molar-refractivity contribution in [2.45, 2.75) is 50.7 Å². The number of carbonyl (C=O) groups excluding carboxylic acids is 1. The Morgan fingerprint density at radius 3 is 2.39 bits per heavy atom. The summed E-state index contributed by atoms with van der Waals surface area (Å²) >= 11 is 0. The minimum Gasteiger partial charge on any atom is -0.481 e. The van der Waals surface area contributed by atoms with Crippen LogP contribution in [0.4, 0.5) is 13.2 Å². The van der Waals surface area contributed by atoms with E-state index in [1.807, 2.05) is 5.32 Å². The summed E-state index contributed by atoms with van der Waals surface area (Å²) in [4.78, 5) is 21.3. The van der Waals surface area contributed by atoms with Crippen LogP contribution in [0.3, 0.4) is 0 Å². The van der Waals surface area contributed by atoms with E-state index in [-0.39, 0.29) is 12.3 Å². The molecule has 2 N–H and O–H groups in total. The summed E-state index contributed by atoms with van der Waals surface area (Å²) in [5.74, 6) is -3.09. The van der Waals surface area contributed by atoms with Gasteiger partial charge in [0.2, 0.25) is 0 Å². The van der Waals surface area contributed by atoms with Gasteiger partial charge in [-0.15, -0.1) is 0 Å². The Morgan fingerprint density at radius 1 is 1.22 bits per heavy atom. The van der Waals surface area contributed by atoms with Gasteiger partial charge < -0.3 is 10.4 Å². The van der Waals surface area contributed by atoms with Gasteiger partial charge >= 0.3 is 18.1 Å². The van der Waals surface area contributed by atoms with Crippen LogP contribution in [0.5, 0.6) is 0 Å². The molecule has 1 saturated carbocycles. The number of hydrogen-bond acceptors (Lipinski definition) is 2. The minimum absolute atomic E-state index is 0.0803. The Balaban J connectivity index is 2.54. The summed E-state index contributed by atoms with van der Waals surface area (Å²) < 4.78 is 36.4. The third-order valence-electron chi connectivity index (χ3n) is 3.21. The molecule has 0 spiro atoms. The van der Waals surface area contributed by atoms with E-state index in [9.17, 15) is 22.8 Å². The molecule has 0 aromatic rings. The largest absolute Gasteiger partial charge is 0.481 e. The normalized spacial score (nSPS) is 24.6. The van der Waals surface area contributed by atoms with Crippen molar-refractivity contribution in [3.05, 3.63) is 0 Å². The first kappa shape index (κ1) is 14.8. The van der Waals surface area contributed by atoms with E-state index in [1.54, 1.807) is 0 Å². The van der Waals surface area contributed by atoms with Crippen molar-refractivity contribution in [1.82, 2.24) is 5.32 Å². The van der Waals surface area contributed by atoms with Crippen LogP contribution >= 0.6 is 0 Å². The average Bonchev–Trinajstić information content (AvgIpc) is 2.26. The Morgan fingerprint density at radius 2 is 1.83 bits per heavy atom. The molecule has 0 saturated heterocycles. The van der Waals surface area contributed by atoms with Gasteiger partial charge in [0.05, 0.1) is 0 Å². The van der Waals surface area contributed by atoms with Crippen LogP contribution in [0, 0.1) is 5.92 Å². The summed E-state index contributed by atoms with van der Waals surface area (Å²) in [5, 5.41) is 10.5. The van der Waals surface area contributed by atoms with Crippen molar-refractivity contribution in [2.24, 2.45) is 5.92 Å². The summed E-state index contributed by atoms with van der Waals surface area (Å²) in [5.41, 5.74) is 0. The van der Waals surface area contributed by atoms with Gasteiger partial charge in [0, 0.05) is 12.5 Å². The Hall–Kier alpha value is -1.27. The van der Waals surface area contributed by atoms with Crippen molar-refractivity contribution in [1.29, 1.82) is 0 Å². The first-order valence-electron chi connectivity index (χ1n) is 5.90. The van der Waals surface area contributed by atoms with Crippen LogP contribution in [0.15, 0.2) is 0 Å². The molecule has 0 aromatic carbocycles. The van der Waals surface area contributed by atoms with Gasteiger partial charge in [-0.25, -0.2) is 0 Å². The molecule has 0 aromatic heterocycles. The quantitative estimate of drug-likeness (QED) is 0.819. The number of hydrogen-bond donors (Lipinski definition) is 2. The van der Waals surface area contributed by atoms with Crippen molar-refractivity contribution in [3.63, 3.8) is 0 Å². The molecular formula is C11H16F3NO3. The van der Waals surface area contributed by atoms with Crippen LogP contribution in [-0.4, -0.2) is 29.2 Å². The first-order chi connectivity index (χ1) is 8.30. The molecule has 104 valence electrons. The van der Waals surface area contributed by atoms with E-state index in [4.69, 9.17) is 5.11 Å². The van der Waals surface area contributed by atoms with Gasteiger partial charge in [0.1, 0.15) is 0 Å². The second kappa shape index (κ2) is 6.06. The van der Waals surface area contributed by atoms with Crippen LogP contribution in [0.1, 0.15) is 38.5 Å². The molecule has 0 radical (unpaired) electrons. The predicted octanol–water partition coefficient (Wildman–Crippen LogP) is 2.09. The highest BCUT2D eigenvalue weighted by Gasteiger charge is 2.41. The summed E-state index contributed by atoms with van der Waals surface area (Å²) in [6, 6.07) is -0.563. The highest BCUT2D eigenvalue weighted by Crippen LogP contribution is 2.29. The number of halogens is 3. The van der Waals surface area contributed by atoms with Crippen molar-refractivity contribution < 1.29 is 27.9 Å². The maximum Gasteiger partial charge on any atom is 0.471 e. The van der Waals surface area contributed by atoms with E-state index in [2.05, 4.69) is 0 Å². The molecule has 18 heavy (non-hydrogen) atoms. The molecule has 0 aliphatic heterocycles. The second-order valence-corrected chi connectivity index (χ2v) is 4.55. The minimum atomic E-state index is -4.88. The van der Waals surface area contributed by atoms with E-state index in [0.717, 1.165) is 12.8 Å². The average molecular weight is 267 g/mol. The van der Waals surface area contributed by atoms with Crippen molar-refractivity contribution >= 4 is 11.9 Å². The van der Waals surface area contributed by atoms with E-state index in [0.29, 0.717) is 19.3 Å². The monoisotopic (exact) mass is 267 g/mol. The lowest BCUT2D eigenvalue weighted by molar-refractivity contribution is -0.175. The fraction of sp³-hybridized carbons (Fsp3) is 0.818. The smallest absolute Gasteiger partial charge is 0.471 e. The molecule has 1 amide bonds. The van der Waals surface area contributed by atoms with Gasteiger partial charge in [-0.3, -0.25) is 9.59 Å². The van der Waals surface area contributed by atoms with Crippen molar-refractivity contribution in [3.8, 4) is 0 Å². The first-order valence-corrected chi connectivity index (χ1v) is 5.90. The number of carboxylic acid groups (broad SMARTS) is 1. The molecule has 4 nitrogen and oxygen atoms in total. The zero-order valence-corrected chi connectivity index (χ0v) is 9.79. The van der Waals surface area contributed by atoms with E-state index >= 15 is 0 Å². The van der Waals surface area contributed by atoms with Crippen LogP contribution in [0.2, 0.25) is 0 Å². The highest BCUT2D eigenvalue weighted by molar-refractivity contribution is 5.82. The molecular weight excluding hydrogens is 251 g/mol. The number of carbonyl (C=O) groups is 2. The highest BCUT2D eigenvalue weighted by atomic mass is 19.4. The number of carboxylic acids is 1. The fourth-order valence-electron chi connectivity index (χ4n) is 2.30. The molecule has 1 rings (SSSR count). The van der Waals surface area contributed by atoms with Gasteiger partial charge in [-0.1, -0.05) is 12.8 Å². The zero-order valence-electron chi connectivity index (χ0n) is 9.79.